The molecule has 20 heavy (non-hydrogen) atoms. The van der Waals surface area contributed by atoms with Gasteiger partial charge in [-0.25, -0.2) is 9.37 Å². The van der Waals surface area contributed by atoms with Crippen LogP contribution in [0.1, 0.15) is 15.9 Å². The van der Waals surface area contributed by atoms with Crippen molar-refractivity contribution in [3.8, 4) is 0 Å². The Morgan fingerprint density at radius 3 is 2.95 bits per heavy atom. The number of halogens is 2. The molecule has 3 nitrogen and oxygen atoms in total. The van der Waals surface area contributed by atoms with Crippen molar-refractivity contribution in [3.63, 3.8) is 0 Å². The van der Waals surface area contributed by atoms with Gasteiger partial charge >= 0.3 is 0 Å². The molecule has 0 spiro atoms. The van der Waals surface area contributed by atoms with Crippen LogP contribution in [0.3, 0.4) is 0 Å². The van der Waals surface area contributed by atoms with Gasteiger partial charge in [-0.15, -0.1) is 0 Å². The molecule has 100 valence electrons. The molecule has 0 saturated carbocycles. The lowest BCUT2D eigenvalue weighted by atomic mass is 10.2. The first-order valence-corrected chi connectivity index (χ1v) is 6.40. The maximum absolute atomic E-state index is 13.2. The fourth-order valence-electron chi connectivity index (χ4n) is 2.20. The Morgan fingerprint density at radius 2 is 2.20 bits per heavy atom. The number of aldehydes is 1. The van der Waals surface area contributed by atoms with Crippen LogP contribution in [0.4, 0.5) is 4.39 Å². The lowest BCUT2D eigenvalue weighted by Crippen LogP contribution is -1.99. The first kappa shape index (κ1) is 12.8. The summed E-state index contributed by atoms with van der Waals surface area (Å²) in [5.74, 6) is -0.445. The summed E-state index contributed by atoms with van der Waals surface area (Å²) in [6.07, 6.45) is 4.21. The lowest BCUT2D eigenvalue weighted by Gasteiger charge is -2.05. The highest BCUT2D eigenvalue weighted by atomic mass is 35.5. The Balaban J connectivity index is 2.06. The fraction of sp³-hybridized carbons (Fsp3) is 0.0667. The molecule has 0 amide bonds. The van der Waals surface area contributed by atoms with Crippen molar-refractivity contribution in [2.75, 3.05) is 0 Å². The van der Waals surface area contributed by atoms with Crippen LogP contribution in [0.15, 0.2) is 42.7 Å². The van der Waals surface area contributed by atoms with Gasteiger partial charge in [0.05, 0.1) is 5.02 Å². The highest BCUT2D eigenvalue weighted by Crippen LogP contribution is 2.21. The van der Waals surface area contributed by atoms with E-state index in [9.17, 15) is 9.18 Å². The number of hydrogen-bond donors (Lipinski definition) is 0. The molecule has 3 rings (SSSR count). The molecule has 2 aromatic heterocycles. The van der Waals surface area contributed by atoms with Crippen LogP contribution in [0.25, 0.3) is 11.0 Å². The molecule has 1 aromatic carbocycles. The van der Waals surface area contributed by atoms with Gasteiger partial charge in [-0.1, -0.05) is 17.7 Å². The zero-order valence-corrected chi connectivity index (χ0v) is 11.1. The second-order valence-electron chi connectivity index (χ2n) is 4.45. The summed E-state index contributed by atoms with van der Waals surface area (Å²) in [4.78, 5) is 15.4. The normalized spacial score (nSPS) is 10.9. The average molecular weight is 289 g/mol. The van der Waals surface area contributed by atoms with E-state index in [1.807, 2.05) is 10.6 Å². The van der Waals surface area contributed by atoms with Crippen molar-refractivity contribution in [2.24, 2.45) is 0 Å². The van der Waals surface area contributed by atoms with E-state index in [4.69, 9.17) is 11.6 Å². The number of pyridine rings is 1. The Labute approximate surface area is 119 Å². The van der Waals surface area contributed by atoms with Gasteiger partial charge in [0.2, 0.25) is 0 Å². The third-order valence-corrected chi connectivity index (χ3v) is 3.42. The van der Waals surface area contributed by atoms with Gasteiger partial charge in [-0.05, 0) is 29.8 Å². The molecule has 0 radical (unpaired) electrons. The minimum atomic E-state index is -0.445. The Hall–Kier alpha value is -2.20. The molecule has 0 saturated heterocycles. The van der Waals surface area contributed by atoms with E-state index in [-0.39, 0.29) is 5.02 Å². The summed E-state index contributed by atoms with van der Waals surface area (Å²) in [6.45, 7) is 0.474. The molecule has 0 fully saturated rings. The highest BCUT2D eigenvalue weighted by molar-refractivity contribution is 6.30. The van der Waals surface area contributed by atoms with E-state index in [2.05, 4.69) is 4.98 Å². The zero-order chi connectivity index (χ0) is 14.1. The molecule has 2 heterocycles. The van der Waals surface area contributed by atoms with Crippen molar-refractivity contribution in [1.82, 2.24) is 9.55 Å². The summed E-state index contributed by atoms with van der Waals surface area (Å²) in [5, 5.41) is 0.887. The van der Waals surface area contributed by atoms with Crippen molar-refractivity contribution >= 4 is 28.9 Å². The van der Waals surface area contributed by atoms with E-state index in [0.29, 0.717) is 12.1 Å². The van der Waals surface area contributed by atoms with Crippen LogP contribution in [0.5, 0.6) is 0 Å². The van der Waals surface area contributed by atoms with Crippen LogP contribution in [-0.4, -0.2) is 15.8 Å². The SMILES string of the molecule is O=Cc1cn(Cc2ccc(F)c(Cl)c2)c2ncccc12. The van der Waals surface area contributed by atoms with E-state index in [0.717, 1.165) is 22.9 Å². The third kappa shape index (κ3) is 2.18. The first-order valence-electron chi connectivity index (χ1n) is 6.02. The average Bonchev–Trinajstić information content (AvgIpc) is 2.81. The van der Waals surface area contributed by atoms with Gasteiger partial charge in [0.1, 0.15) is 11.5 Å². The molecule has 3 aromatic rings. The molecule has 0 atom stereocenters. The number of carbonyl (C=O) groups excluding carboxylic acids is 1. The van der Waals surface area contributed by atoms with Crippen LogP contribution in [0, 0.1) is 5.82 Å². The van der Waals surface area contributed by atoms with Crippen LogP contribution >= 0.6 is 11.6 Å². The quantitative estimate of drug-likeness (QED) is 0.689. The number of nitrogens with zero attached hydrogens (tertiary/aromatic N) is 2. The van der Waals surface area contributed by atoms with E-state index < -0.39 is 5.82 Å². The topological polar surface area (TPSA) is 34.9 Å². The largest absolute Gasteiger partial charge is 0.327 e. The molecular weight excluding hydrogens is 279 g/mol. The number of fused-ring (bicyclic) bond motifs is 1. The molecule has 0 aliphatic heterocycles. The van der Waals surface area contributed by atoms with Gasteiger partial charge in [0.15, 0.2) is 6.29 Å². The zero-order valence-electron chi connectivity index (χ0n) is 10.4. The predicted molar refractivity (Wildman–Crippen MR) is 75.6 cm³/mol. The first-order chi connectivity index (χ1) is 9.69. The highest BCUT2D eigenvalue weighted by Gasteiger charge is 2.09. The second-order valence-corrected chi connectivity index (χ2v) is 4.86. The Kier molecular flexibility index (Phi) is 3.24. The van der Waals surface area contributed by atoms with Crippen molar-refractivity contribution < 1.29 is 9.18 Å². The fourth-order valence-corrected chi connectivity index (χ4v) is 2.40. The van der Waals surface area contributed by atoms with Crippen molar-refractivity contribution in [3.05, 3.63) is 64.7 Å². The number of carbonyl (C=O) groups is 1. The molecule has 0 bridgehead atoms. The number of aromatic nitrogens is 2. The van der Waals surface area contributed by atoms with Crippen LogP contribution in [-0.2, 0) is 6.54 Å². The van der Waals surface area contributed by atoms with Crippen LogP contribution in [0.2, 0.25) is 5.02 Å². The smallest absolute Gasteiger partial charge is 0.152 e. The summed E-state index contributed by atoms with van der Waals surface area (Å²) in [7, 11) is 0. The second kappa shape index (κ2) is 5.06. The summed E-state index contributed by atoms with van der Waals surface area (Å²) >= 11 is 5.77. The van der Waals surface area contributed by atoms with Crippen molar-refractivity contribution in [2.45, 2.75) is 6.54 Å². The summed E-state index contributed by atoms with van der Waals surface area (Å²) < 4.78 is 15.0. The van der Waals surface area contributed by atoms with Gasteiger partial charge in [0, 0.05) is 29.9 Å². The predicted octanol–water partition coefficient (Wildman–Crippen LogP) is 3.69. The molecule has 5 heteroatoms. The number of rotatable bonds is 3. The Bertz CT molecular complexity index is 798. The van der Waals surface area contributed by atoms with E-state index >= 15 is 0 Å². The maximum atomic E-state index is 13.2. The van der Waals surface area contributed by atoms with Gasteiger partial charge in [-0.2, -0.15) is 0 Å². The lowest BCUT2D eigenvalue weighted by molar-refractivity contribution is 0.112. The van der Waals surface area contributed by atoms with E-state index in [1.54, 1.807) is 30.6 Å². The maximum Gasteiger partial charge on any atom is 0.152 e. The third-order valence-electron chi connectivity index (χ3n) is 3.13. The molecule has 0 unspecified atom stereocenters. The molecule has 0 aliphatic carbocycles. The van der Waals surface area contributed by atoms with Gasteiger partial charge in [0.25, 0.3) is 0 Å². The minimum absolute atomic E-state index is 0.0857. The number of benzene rings is 1. The summed E-state index contributed by atoms with van der Waals surface area (Å²) in [6, 6.07) is 8.20. The molecule has 0 aliphatic rings. The molecule has 0 N–H and O–H groups in total. The molecular formula is C15H10ClFN2O. The Morgan fingerprint density at radius 1 is 1.35 bits per heavy atom. The minimum Gasteiger partial charge on any atom is -0.327 e. The standard InChI is InChI=1S/C15H10ClFN2O/c16-13-6-10(3-4-14(13)17)7-19-8-11(9-20)12-2-1-5-18-15(12)19/h1-6,8-9H,7H2. The van der Waals surface area contributed by atoms with Gasteiger partial charge < -0.3 is 4.57 Å². The van der Waals surface area contributed by atoms with E-state index in [1.165, 1.54) is 6.07 Å². The van der Waals surface area contributed by atoms with Gasteiger partial charge in [-0.3, -0.25) is 4.79 Å². The van der Waals surface area contributed by atoms with Crippen LogP contribution < -0.4 is 0 Å². The monoisotopic (exact) mass is 288 g/mol. The summed E-state index contributed by atoms with van der Waals surface area (Å²) in [5.41, 5.74) is 2.15. The van der Waals surface area contributed by atoms with Crippen molar-refractivity contribution in [1.29, 1.82) is 0 Å². The number of hydrogen-bond acceptors (Lipinski definition) is 2.